The molecule has 1 heterocycles. The summed E-state index contributed by atoms with van der Waals surface area (Å²) in [6.07, 6.45) is 3.74. The molecule has 1 saturated heterocycles. The highest BCUT2D eigenvalue weighted by atomic mass is 16.5. The molecule has 1 aromatic rings. The average Bonchev–Trinajstić information content (AvgIpc) is 2.99. The molecule has 1 fully saturated rings. The van der Waals surface area contributed by atoms with Gasteiger partial charge in [0.1, 0.15) is 0 Å². The number of carbonyl (C=O) groups excluding carboxylic acids is 1. The number of fused-ring (bicyclic) bond motifs is 1. The van der Waals surface area contributed by atoms with Gasteiger partial charge in [-0.25, -0.2) is 0 Å². The number of aryl methyl sites for hydroxylation is 1. The average molecular weight is 302 g/mol. The predicted molar refractivity (Wildman–Crippen MR) is 86.8 cm³/mol. The topological polar surface area (TPSA) is 32.8 Å². The molecule has 1 amide bonds. The van der Waals surface area contributed by atoms with Gasteiger partial charge in [-0.3, -0.25) is 9.69 Å². The van der Waals surface area contributed by atoms with Gasteiger partial charge in [-0.1, -0.05) is 24.3 Å². The first-order chi connectivity index (χ1) is 10.8. The molecule has 1 aromatic carbocycles. The van der Waals surface area contributed by atoms with Crippen LogP contribution in [0, 0.1) is 0 Å². The molecule has 0 bridgehead atoms. The van der Waals surface area contributed by atoms with Gasteiger partial charge < -0.3 is 9.64 Å². The van der Waals surface area contributed by atoms with Crippen LogP contribution in [0.1, 0.15) is 36.4 Å². The lowest BCUT2D eigenvalue weighted by molar-refractivity contribution is -0.132. The lowest BCUT2D eigenvalue weighted by Gasteiger charge is -2.28. The van der Waals surface area contributed by atoms with Gasteiger partial charge in [0.25, 0.3) is 0 Å². The van der Waals surface area contributed by atoms with Gasteiger partial charge in [-0.05, 0) is 36.9 Å². The van der Waals surface area contributed by atoms with E-state index in [-0.39, 0.29) is 11.9 Å². The Morgan fingerprint density at radius 1 is 1.32 bits per heavy atom. The molecular weight excluding hydrogens is 276 g/mol. The van der Waals surface area contributed by atoms with Crippen LogP contribution in [-0.4, -0.2) is 55.6 Å². The summed E-state index contributed by atoms with van der Waals surface area (Å²) in [6.45, 7) is 4.66. The number of ether oxygens (including phenoxy) is 1. The fourth-order valence-electron chi connectivity index (χ4n) is 3.57. The van der Waals surface area contributed by atoms with Crippen molar-refractivity contribution in [3.63, 3.8) is 0 Å². The van der Waals surface area contributed by atoms with E-state index in [2.05, 4.69) is 29.2 Å². The summed E-state index contributed by atoms with van der Waals surface area (Å²) in [5.74, 6) is 0.273. The third kappa shape index (κ3) is 3.50. The van der Waals surface area contributed by atoms with Crippen LogP contribution in [0.2, 0.25) is 0 Å². The van der Waals surface area contributed by atoms with E-state index in [4.69, 9.17) is 4.74 Å². The Morgan fingerprint density at radius 3 is 2.91 bits per heavy atom. The van der Waals surface area contributed by atoms with E-state index in [0.717, 1.165) is 52.1 Å². The quantitative estimate of drug-likeness (QED) is 0.836. The summed E-state index contributed by atoms with van der Waals surface area (Å²) in [5.41, 5.74) is 2.74. The summed E-state index contributed by atoms with van der Waals surface area (Å²) in [5, 5.41) is 0. The first-order valence-corrected chi connectivity index (χ1v) is 8.39. The standard InChI is InChI=1S/C18H26N2O2/c1-19(17-9-8-15-5-2-3-6-16(15)17)18(21)7-4-10-20-11-13-22-14-12-20/h2-3,5-6,17H,4,7-14H2,1H3. The van der Waals surface area contributed by atoms with Gasteiger partial charge in [0.05, 0.1) is 19.3 Å². The number of nitrogens with zero attached hydrogens (tertiary/aromatic N) is 2. The number of hydrogen-bond acceptors (Lipinski definition) is 3. The molecular formula is C18H26N2O2. The summed E-state index contributed by atoms with van der Waals surface area (Å²) in [6, 6.07) is 8.79. The molecule has 4 heteroatoms. The van der Waals surface area contributed by atoms with Gasteiger partial charge in [0.15, 0.2) is 0 Å². The lowest BCUT2D eigenvalue weighted by Crippen LogP contribution is -2.37. The van der Waals surface area contributed by atoms with Crippen LogP contribution in [-0.2, 0) is 16.0 Å². The molecule has 0 N–H and O–H groups in total. The second-order valence-corrected chi connectivity index (χ2v) is 6.32. The highest BCUT2D eigenvalue weighted by Gasteiger charge is 2.27. The summed E-state index contributed by atoms with van der Waals surface area (Å²) < 4.78 is 5.35. The zero-order chi connectivity index (χ0) is 15.4. The summed E-state index contributed by atoms with van der Waals surface area (Å²) in [4.78, 5) is 16.8. The van der Waals surface area contributed by atoms with Gasteiger partial charge >= 0.3 is 0 Å². The van der Waals surface area contributed by atoms with Crippen LogP contribution in [0.25, 0.3) is 0 Å². The molecule has 0 saturated carbocycles. The minimum absolute atomic E-state index is 0.270. The van der Waals surface area contributed by atoms with Crippen molar-refractivity contribution in [2.75, 3.05) is 39.9 Å². The van der Waals surface area contributed by atoms with E-state index >= 15 is 0 Å². The van der Waals surface area contributed by atoms with Crippen molar-refractivity contribution in [2.24, 2.45) is 0 Å². The third-order valence-electron chi connectivity index (χ3n) is 4.93. The highest BCUT2D eigenvalue weighted by Crippen LogP contribution is 2.35. The molecule has 1 aliphatic heterocycles. The molecule has 1 unspecified atom stereocenters. The van der Waals surface area contributed by atoms with Crippen LogP contribution in [0.5, 0.6) is 0 Å². The molecule has 22 heavy (non-hydrogen) atoms. The molecule has 0 aromatic heterocycles. The minimum Gasteiger partial charge on any atom is -0.379 e. The fraction of sp³-hybridized carbons (Fsp3) is 0.611. The number of amides is 1. The van der Waals surface area contributed by atoms with E-state index in [1.165, 1.54) is 11.1 Å². The molecule has 0 spiro atoms. The molecule has 2 aliphatic rings. The van der Waals surface area contributed by atoms with Gasteiger partial charge in [0, 0.05) is 26.6 Å². The van der Waals surface area contributed by atoms with Crippen LogP contribution < -0.4 is 0 Å². The maximum Gasteiger partial charge on any atom is 0.222 e. The second-order valence-electron chi connectivity index (χ2n) is 6.32. The fourth-order valence-corrected chi connectivity index (χ4v) is 3.57. The second kappa shape index (κ2) is 7.25. The van der Waals surface area contributed by atoms with Gasteiger partial charge in [0.2, 0.25) is 5.91 Å². The van der Waals surface area contributed by atoms with E-state index in [1.807, 2.05) is 11.9 Å². The molecule has 120 valence electrons. The highest BCUT2D eigenvalue weighted by molar-refractivity contribution is 5.76. The van der Waals surface area contributed by atoms with Crippen molar-refractivity contribution in [3.8, 4) is 0 Å². The van der Waals surface area contributed by atoms with Crippen LogP contribution in [0.3, 0.4) is 0 Å². The summed E-state index contributed by atoms with van der Waals surface area (Å²) >= 11 is 0. The number of hydrogen-bond donors (Lipinski definition) is 0. The van der Waals surface area contributed by atoms with Crippen molar-refractivity contribution >= 4 is 5.91 Å². The lowest BCUT2D eigenvalue weighted by atomic mass is 10.1. The minimum atomic E-state index is 0.270. The van der Waals surface area contributed by atoms with Crippen molar-refractivity contribution in [1.29, 1.82) is 0 Å². The van der Waals surface area contributed by atoms with Crippen molar-refractivity contribution < 1.29 is 9.53 Å². The van der Waals surface area contributed by atoms with Crippen LogP contribution in [0.15, 0.2) is 24.3 Å². The first-order valence-electron chi connectivity index (χ1n) is 8.39. The van der Waals surface area contributed by atoms with E-state index in [0.29, 0.717) is 6.42 Å². The van der Waals surface area contributed by atoms with E-state index < -0.39 is 0 Å². The van der Waals surface area contributed by atoms with Crippen molar-refractivity contribution in [1.82, 2.24) is 9.80 Å². The predicted octanol–water partition coefficient (Wildman–Crippen LogP) is 2.24. The molecule has 0 radical (unpaired) electrons. The molecule has 3 rings (SSSR count). The van der Waals surface area contributed by atoms with E-state index in [9.17, 15) is 4.79 Å². The molecule has 1 atom stereocenters. The van der Waals surface area contributed by atoms with Crippen molar-refractivity contribution in [3.05, 3.63) is 35.4 Å². The maximum atomic E-state index is 12.5. The van der Waals surface area contributed by atoms with Crippen molar-refractivity contribution in [2.45, 2.75) is 31.7 Å². The maximum absolute atomic E-state index is 12.5. The zero-order valence-corrected chi connectivity index (χ0v) is 13.5. The first kappa shape index (κ1) is 15.5. The Labute approximate surface area is 133 Å². The van der Waals surface area contributed by atoms with Crippen LogP contribution in [0.4, 0.5) is 0 Å². The zero-order valence-electron chi connectivity index (χ0n) is 13.5. The van der Waals surface area contributed by atoms with Gasteiger partial charge in [-0.15, -0.1) is 0 Å². The smallest absolute Gasteiger partial charge is 0.222 e. The number of morpholine rings is 1. The molecule has 4 nitrogen and oxygen atoms in total. The number of benzene rings is 1. The Hall–Kier alpha value is -1.39. The van der Waals surface area contributed by atoms with Gasteiger partial charge in [-0.2, -0.15) is 0 Å². The molecule has 1 aliphatic carbocycles. The largest absolute Gasteiger partial charge is 0.379 e. The Balaban J connectivity index is 1.48. The number of rotatable bonds is 5. The third-order valence-corrected chi connectivity index (χ3v) is 4.93. The number of carbonyl (C=O) groups is 1. The summed E-state index contributed by atoms with van der Waals surface area (Å²) in [7, 11) is 1.96. The Kier molecular flexibility index (Phi) is 5.11. The Bertz CT molecular complexity index is 512. The SMILES string of the molecule is CN(C(=O)CCCN1CCOCC1)C1CCc2ccccc21. The normalized spacial score (nSPS) is 21.6. The monoisotopic (exact) mass is 302 g/mol. The van der Waals surface area contributed by atoms with Crippen LogP contribution >= 0.6 is 0 Å². The Morgan fingerprint density at radius 2 is 2.09 bits per heavy atom. The van der Waals surface area contributed by atoms with E-state index in [1.54, 1.807) is 0 Å².